The molecule has 0 spiro atoms. The van der Waals surface area contributed by atoms with E-state index in [2.05, 4.69) is 5.32 Å². The Kier molecular flexibility index (Phi) is 6.12. The Morgan fingerprint density at radius 1 is 1.00 bits per heavy atom. The normalized spacial score (nSPS) is 10.4. The predicted molar refractivity (Wildman–Crippen MR) is 106 cm³/mol. The van der Waals surface area contributed by atoms with Crippen molar-refractivity contribution < 1.29 is 27.7 Å². The van der Waals surface area contributed by atoms with Crippen LogP contribution in [0.2, 0.25) is 5.02 Å². The van der Waals surface area contributed by atoms with Gasteiger partial charge in [0.2, 0.25) is 5.91 Å². The second kappa shape index (κ2) is 8.75. The molecule has 0 aromatic heterocycles. The van der Waals surface area contributed by atoms with E-state index in [-0.39, 0.29) is 27.8 Å². The lowest BCUT2D eigenvalue weighted by Gasteiger charge is -2.16. The number of nitrogens with two attached hydrogens (primary N) is 1. The number of rotatable bonds is 6. The van der Waals surface area contributed by atoms with Crippen molar-refractivity contribution >= 4 is 34.8 Å². The number of anilines is 2. The highest BCUT2D eigenvalue weighted by Gasteiger charge is 2.23. The molecule has 0 unspecified atom stereocenters. The van der Waals surface area contributed by atoms with Crippen LogP contribution in [-0.4, -0.2) is 11.8 Å². The molecule has 0 aliphatic heterocycles. The SMILES string of the molecule is NC(=O)c1cccc(NC(=O)c2c(Oc3ccc(F)cc3Cl)cccc2N(F)F)c1. The number of halogens is 4. The molecule has 0 radical (unpaired) electrons. The van der Waals surface area contributed by atoms with Crippen molar-refractivity contribution in [1.29, 1.82) is 0 Å². The molecule has 3 aromatic carbocycles. The van der Waals surface area contributed by atoms with Crippen LogP contribution in [-0.2, 0) is 0 Å². The first-order valence-electron chi connectivity index (χ1n) is 8.35. The molecule has 0 fully saturated rings. The zero-order valence-electron chi connectivity index (χ0n) is 15.0. The molecule has 154 valence electrons. The van der Waals surface area contributed by atoms with Gasteiger partial charge in [-0.15, -0.1) is 0 Å². The number of amides is 2. The summed E-state index contributed by atoms with van der Waals surface area (Å²) in [6.45, 7) is 0. The Labute approximate surface area is 173 Å². The molecule has 0 bridgehead atoms. The van der Waals surface area contributed by atoms with E-state index in [1.54, 1.807) is 0 Å². The minimum Gasteiger partial charge on any atom is -0.455 e. The summed E-state index contributed by atoms with van der Waals surface area (Å²) in [5.41, 5.74) is 4.23. The predicted octanol–water partition coefficient (Wildman–Crippen LogP) is 5.20. The van der Waals surface area contributed by atoms with Crippen molar-refractivity contribution in [2.45, 2.75) is 0 Å². The van der Waals surface area contributed by atoms with Gasteiger partial charge in [0, 0.05) is 11.3 Å². The van der Waals surface area contributed by atoms with Gasteiger partial charge in [0.15, 0.2) is 0 Å². The van der Waals surface area contributed by atoms with Gasteiger partial charge in [0.1, 0.15) is 28.6 Å². The third-order valence-electron chi connectivity index (χ3n) is 3.93. The van der Waals surface area contributed by atoms with E-state index in [9.17, 15) is 22.9 Å². The van der Waals surface area contributed by atoms with E-state index in [4.69, 9.17) is 22.1 Å². The van der Waals surface area contributed by atoms with E-state index in [0.717, 1.165) is 18.2 Å². The molecule has 0 heterocycles. The largest absolute Gasteiger partial charge is 0.455 e. The molecule has 0 aliphatic rings. The summed E-state index contributed by atoms with van der Waals surface area (Å²) in [4.78, 5) is 24.1. The van der Waals surface area contributed by atoms with Crippen molar-refractivity contribution in [2.24, 2.45) is 5.73 Å². The monoisotopic (exact) mass is 435 g/mol. The Hall–Kier alpha value is -3.72. The lowest BCUT2D eigenvalue weighted by molar-refractivity contribution is 0.0995. The average molecular weight is 436 g/mol. The molecular formula is C20H13ClF3N3O3. The van der Waals surface area contributed by atoms with Crippen molar-refractivity contribution in [3.8, 4) is 11.5 Å². The number of ether oxygens (including phenoxy) is 1. The Bertz CT molecular complexity index is 1130. The van der Waals surface area contributed by atoms with Crippen molar-refractivity contribution in [2.75, 3.05) is 10.7 Å². The lowest BCUT2D eigenvalue weighted by atomic mass is 10.1. The summed E-state index contributed by atoms with van der Waals surface area (Å²) in [6, 6.07) is 12.4. The topological polar surface area (TPSA) is 84.7 Å². The van der Waals surface area contributed by atoms with Crippen LogP contribution < -0.4 is 21.1 Å². The molecule has 10 heteroatoms. The highest BCUT2D eigenvalue weighted by molar-refractivity contribution is 6.32. The zero-order chi connectivity index (χ0) is 21.8. The third kappa shape index (κ3) is 4.64. The van der Waals surface area contributed by atoms with Crippen molar-refractivity contribution in [3.05, 3.63) is 82.6 Å². The molecule has 2 amide bonds. The van der Waals surface area contributed by atoms with Crippen LogP contribution in [0.5, 0.6) is 11.5 Å². The molecule has 3 N–H and O–H groups in total. The van der Waals surface area contributed by atoms with Crippen molar-refractivity contribution in [1.82, 2.24) is 0 Å². The van der Waals surface area contributed by atoms with E-state index in [0.29, 0.717) is 0 Å². The quantitative estimate of drug-likeness (QED) is 0.521. The van der Waals surface area contributed by atoms with Gasteiger partial charge in [-0.05, 0) is 53.9 Å². The van der Waals surface area contributed by atoms with Crippen LogP contribution in [0, 0.1) is 5.82 Å². The van der Waals surface area contributed by atoms with Crippen LogP contribution in [0.4, 0.5) is 24.7 Å². The van der Waals surface area contributed by atoms with E-state index >= 15 is 0 Å². The number of primary amides is 1. The maximum absolute atomic E-state index is 13.4. The number of hydrogen-bond acceptors (Lipinski definition) is 4. The maximum atomic E-state index is 13.4. The van der Waals surface area contributed by atoms with Gasteiger partial charge in [-0.2, -0.15) is 0 Å². The summed E-state index contributed by atoms with van der Waals surface area (Å²) in [5.74, 6) is -2.57. The molecule has 0 aliphatic carbocycles. The first kappa shape index (κ1) is 21.0. The van der Waals surface area contributed by atoms with Gasteiger partial charge >= 0.3 is 0 Å². The molecule has 30 heavy (non-hydrogen) atoms. The summed E-state index contributed by atoms with van der Waals surface area (Å²) >= 11 is 5.92. The second-order valence-electron chi connectivity index (χ2n) is 5.96. The van der Waals surface area contributed by atoms with Crippen LogP contribution >= 0.6 is 11.6 Å². The lowest BCUT2D eigenvalue weighted by Crippen LogP contribution is -2.17. The summed E-state index contributed by atoms with van der Waals surface area (Å²) in [6.07, 6.45) is 0. The number of benzene rings is 3. The van der Waals surface area contributed by atoms with Crippen LogP contribution in [0.3, 0.4) is 0 Å². The van der Waals surface area contributed by atoms with Gasteiger partial charge in [-0.1, -0.05) is 32.7 Å². The fourth-order valence-electron chi connectivity index (χ4n) is 2.59. The Morgan fingerprint density at radius 3 is 2.40 bits per heavy atom. The number of carbonyl (C=O) groups excluding carboxylic acids is 2. The van der Waals surface area contributed by atoms with Crippen molar-refractivity contribution in [3.63, 3.8) is 0 Å². The van der Waals surface area contributed by atoms with Crippen LogP contribution in [0.25, 0.3) is 0 Å². The minimum atomic E-state index is -1.24. The third-order valence-corrected chi connectivity index (χ3v) is 4.23. The van der Waals surface area contributed by atoms with Gasteiger partial charge < -0.3 is 15.8 Å². The van der Waals surface area contributed by atoms with E-state index in [1.165, 1.54) is 42.5 Å². The smallest absolute Gasteiger partial charge is 0.261 e. The van der Waals surface area contributed by atoms with Crippen LogP contribution in [0.1, 0.15) is 20.7 Å². The summed E-state index contributed by atoms with van der Waals surface area (Å²) in [7, 11) is 0. The van der Waals surface area contributed by atoms with E-state index < -0.39 is 34.2 Å². The first-order chi connectivity index (χ1) is 14.3. The average Bonchev–Trinajstić information content (AvgIpc) is 2.70. The maximum Gasteiger partial charge on any atom is 0.261 e. The Balaban J connectivity index is 2.00. The molecule has 3 rings (SSSR count). The highest BCUT2D eigenvalue weighted by Crippen LogP contribution is 2.36. The number of carbonyl (C=O) groups is 2. The van der Waals surface area contributed by atoms with Crippen LogP contribution in [0.15, 0.2) is 60.7 Å². The standard InChI is InChI=1S/C20H13ClF3N3O3/c21-14-10-12(22)7-8-16(14)30-17-6-2-5-15(27(23)24)18(17)20(29)26-13-4-1-3-11(9-13)19(25)28/h1-10H,(H2,25,28)(H,26,29). The van der Waals surface area contributed by atoms with Gasteiger partial charge in [-0.3, -0.25) is 9.59 Å². The summed E-state index contributed by atoms with van der Waals surface area (Å²) < 4.78 is 45.6. The molecular weight excluding hydrogens is 423 g/mol. The molecule has 0 saturated heterocycles. The van der Waals surface area contributed by atoms with Gasteiger partial charge in [0.05, 0.1) is 5.02 Å². The number of nitrogens with one attached hydrogen (secondary N) is 1. The zero-order valence-corrected chi connectivity index (χ0v) is 15.8. The molecule has 6 nitrogen and oxygen atoms in total. The first-order valence-corrected chi connectivity index (χ1v) is 8.73. The minimum absolute atomic E-state index is 0.0377. The number of nitrogens with zero attached hydrogens (tertiary/aromatic N) is 1. The molecule has 0 saturated carbocycles. The Morgan fingerprint density at radius 2 is 1.73 bits per heavy atom. The highest BCUT2D eigenvalue weighted by atomic mass is 35.5. The van der Waals surface area contributed by atoms with E-state index in [1.807, 2.05) is 0 Å². The van der Waals surface area contributed by atoms with Gasteiger partial charge in [0.25, 0.3) is 5.91 Å². The van der Waals surface area contributed by atoms with Gasteiger partial charge in [-0.25, -0.2) is 4.39 Å². The summed E-state index contributed by atoms with van der Waals surface area (Å²) in [5, 5.41) is 1.06. The fraction of sp³-hybridized carbons (Fsp3) is 0. The fourth-order valence-corrected chi connectivity index (χ4v) is 2.80. The molecule has 3 aromatic rings. The second-order valence-corrected chi connectivity index (χ2v) is 6.37. The number of hydrogen-bond donors (Lipinski definition) is 2. The molecule has 0 atom stereocenters.